The van der Waals surface area contributed by atoms with Crippen LogP contribution in [-0.2, 0) is 4.79 Å². The molecule has 2 aliphatic carbocycles. The van der Waals surface area contributed by atoms with Crippen LogP contribution in [0.3, 0.4) is 0 Å². The standard InChI is InChI=1S/C10H14Br2O/c1-8(2)7(13)10(12)5-4-9(8,3)6(10)11/h6H,4-5H2,1-3H3/t6-,9-,10+/m0/s1. The molecule has 0 spiro atoms. The van der Waals surface area contributed by atoms with Gasteiger partial charge in [-0.2, -0.15) is 0 Å². The van der Waals surface area contributed by atoms with E-state index in [0.717, 1.165) is 12.8 Å². The second-order valence-electron chi connectivity index (χ2n) is 5.10. The van der Waals surface area contributed by atoms with Gasteiger partial charge in [-0.05, 0) is 18.3 Å². The third-order valence-electron chi connectivity index (χ3n) is 4.34. The molecule has 2 rings (SSSR count). The molecule has 13 heavy (non-hydrogen) atoms. The van der Waals surface area contributed by atoms with Crippen LogP contribution in [0.4, 0.5) is 0 Å². The van der Waals surface area contributed by atoms with Crippen molar-refractivity contribution >= 4 is 37.6 Å². The molecule has 0 radical (unpaired) electrons. The predicted molar refractivity (Wildman–Crippen MR) is 60.5 cm³/mol. The van der Waals surface area contributed by atoms with Crippen LogP contribution < -0.4 is 0 Å². The van der Waals surface area contributed by atoms with E-state index in [2.05, 4.69) is 52.6 Å². The first-order chi connectivity index (χ1) is 5.77. The number of halogens is 2. The summed E-state index contributed by atoms with van der Waals surface area (Å²) in [5.41, 5.74) is -0.0729. The van der Waals surface area contributed by atoms with E-state index < -0.39 is 0 Å². The Morgan fingerprint density at radius 3 is 2.08 bits per heavy atom. The van der Waals surface area contributed by atoms with Crippen LogP contribution in [0.5, 0.6) is 0 Å². The summed E-state index contributed by atoms with van der Waals surface area (Å²) >= 11 is 7.32. The lowest BCUT2D eigenvalue weighted by molar-refractivity contribution is -0.131. The minimum Gasteiger partial charge on any atom is -0.297 e. The van der Waals surface area contributed by atoms with Gasteiger partial charge in [-0.1, -0.05) is 52.6 Å². The third kappa shape index (κ3) is 0.865. The van der Waals surface area contributed by atoms with Gasteiger partial charge in [0, 0.05) is 10.2 Å². The number of carbonyl (C=O) groups is 1. The maximum atomic E-state index is 12.1. The maximum absolute atomic E-state index is 12.1. The van der Waals surface area contributed by atoms with Gasteiger partial charge < -0.3 is 0 Å². The van der Waals surface area contributed by atoms with E-state index in [9.17, 15) is 4.79 Å². The Morgan fingerprint density at radius 1 is 1.31 bits per heavy atom. The van der Waals surface area contributed by atoms with Gasteiger partial charge >= 0.3 is 0 Å². The molecule has 0 heterocycles. The topological polar surface area (TPSA) is 17.1 Å². The second-order valence-corrected chi connectivity index (χ2v) is 7.43. The summed E-state index contributed by atoms with van der Waals surface area (Å²) in [6.45, 7) is 6.37. The van der Waals surface area contributed by atoms with Crippen molar-refractivity contribution in [3.63, 3.8) is 0 Å². The molecule has 0 amide bonds. The third-order valence-corrected chi connectivity index (χ3v) is 7.96. The van der Waals surface area contributed by atoms with Crippen LogP contribution >= 0.6 is 31.9 Å². The Balaban J connectivity index is 2.59. The maximum Gasteiger partial charge on any atom is 0.156 e. The minimum absolute atomic E-state index is 0.119. The molecule has 0 aliphatic heterocycles. The number of Topliss-reactive ketones (excluding diaryl/α,β-unsaturated/α-hetero) is 1. The highest BCUT2D eigenvalue weighted by Gasteiger charge is 2.72. The molecule has 0 aromatic heterocycles. The molecule has 3 heteroatoms. The van der Waals surface area contributed by atoms with Crippen LogP contribution in [0.1, 0.15) is 33.6 Å². The summed E-state index contributed by atoms with van der Waals surface area (Å²) in [5, 5.41) is 0. The van der Waals surface area contributed by atoms with E-state index in [4.69, 9.17) is 0 Å². The lowest BCUT2D eigenvalue weighted by atomic mass is 9.66. The summed E-state index contributed by atoms with van der Waals surface area (Å²) < 4.78 is -0.286. The number of hydrogen-bond donors (Lipinski definition) is 0. The van der Waals surface area contributed by atoms with Crippen LogP contribution in [0.15, 0.2) is 0 Å². The van der Waals surface area contributed by atoms with Gasteiger partial charge in [-0.25, -0.2) is 0 Å². The van der Waals surface area contributed by atoms with E-state index in [1.165, 1.54) is 0 Å². The molecule has 0 saturated heterocycles. The van der Waals surface area contributed by atoms with Crippen LogP contribution in [0, 0.1) is 10.8 Å². The Kier molecular flexibility index (Phi) is 1.88. The van der Waals surface area contributed by atoms with Gasteiger partial charge in [-0.15, -0.1) is 0 Å². The Labute approximate surface area is 95.9 Å². The molecular weight excluding hydrogens is 296 g/mol. The lowest BCUT2D eigenvalue weighted by Gasteiger charge is -2.38. The van der Waals surface area contributed by atoms with Gasteiger partial charge in [0.2, 0.25) is 0 Å². The van der Waals surface area contributed by atoms with Gasteiger partial charge in [0.15, 0.2) is 5.78 Å². The monoisotopic (exact) mass is 308 g/mol. The van der Waals surface area contributed by atoms with Crippen molar-refractivity contribution in [2.24, 2.45) is 10.8 Å². The fourth-order valence-corrected chi connectivity index (χ4v) is 5.27. The van der Waals surface area contributed by atoms with E-state index in [1.54, 1.807) is 0 Å². The first-order valence-corrected chi connectivity index (χ1v) is 6.35. The lowest BCUT2D eigenvalue weighted by Crippen LogP contribution is -2.41. The largest absolute Gasteiger partial charge is 0.297 e. The van der Waals surface area contributed by atoms with Crippen molar-refractivity contribution in [3.8, 4) is 0 Å². The summed E-state index contributed by atoms with van der Waals surface area (Å²) in [4.78, 5) is 12.4. The molecule has 0 aromatic carbocycles. The molecule has 0 aromatic rings. The number of fused-ring (bicyclic) bond motifs is 2. The van der Waals surface area contributed by atoms with Gasteiger partial charge in [0.25, 0.3) is 0 Å². The van der Waals surface area contributed by atoms with Crippen molar-refractivity contribution in [2.45, 2.75) is 42.8 Å². The van der Waals surface area contributed by atoms with Crippen molar-refractivity contribution in [1.29, 1.82) is 0 Å². The molecule has 2 fully saturated rings. The van der Waals surface area contributed by atoms with Crippen molar-refractivity contribution in [1.82, 2.24) is 0 Å². The Hall–Kier alpha value is 0.630. The molecule has 2 bridgehead atoms. The number of ketones is 1. The van der Waals surface area contributed by atoms with Crippen LogP contribution in [-0.4, -0.2) is 14.9 Å². The number of hydrogen-bond acceptors (Lipinski definition) is 1. The normalized spacial score (nSPS) is 53.0. The first-order valence-electron chi connectivity index (χ1n) is 4.65. The number of alkyl halides is 2. The predicted octanol–water partition coefficient (Wildman–Crippen LogP) is 3.29. The quantitative estimate of drug-likeness (QED) is 0.628. The Bertz CT molecular complexity index is 280. The van der Waals surface area contributed by atoms with Crippen LogP contribution in [0.25, 0.3) is 0 Å². The zero-order valence-electron chi connectivity index (χ0n) is 8.16. The smallest absolute Gasteiger partial charge is 0.156 e. The molecule has 2 aliphatic rings. The molecule has 3 atom stereocenters. The average molecular weight is 310 g/mol. The van der Waals surface area contributed by atoms with Crippen molar-refractivity contribution in [3.05, 3.63) is 0 Å². The van der Waals surface area contributed by atoms with E-state index in [-0.39, 0.29) is 20.0 Å². The fraction of sp³-hybridized carbons (Fsp3) is 0.900. The summed E-state index contributed by atoms with van der Waals surface area (Å²) in [6.07, 6.45) is 2.11. The highest BCUT2D eigenvalue weighted by Crippen LogP contribution is 2.68. The van der Waals surface area contributed by atoms with E-state index in [0.29, 0.717) is 5.78 Å². The number of rotatable bonds is 0. The number of carbonyl (C=O) groups excluding carboxylic acids is 1. The molecule has 74 valence electrons. The fourth-order valence-electron chi connectivity index (χ4n) is 2.84. The van der Waals surface area contributed by atoms with Gasteiger partial charge in [0.05, 0.1) is 4.32 Å². The van der Waals surface area contributed by atoms with Crippen molar-refractivity contribution < 1.29 is 4.79 Å². The van der Waals surface area contributed by atoms with Crippen molar-refractivity contribution in [2.75, 3.05) is 0 Å². The summed E-state index contributed by atoms with van der Waals surface area (Å²) in [6, 6.07) is 0. The molecule has 1 nitrogen and oxygen atoms in total. The molecule has 0 unspecified atom stereocenters. The SMILES string of the molecule is CC1(C)C(=O)[C@@]2(Br)CC[C@@]1(C)[C@@H]2Br. The zero-order valence-corrected chi connectivity index (χ0v) is 11.3. The van der Waals surface area contributed by atoms with Gasteiger partial charge in [-0.3, -0.25) is 4.79 Å². The molecular formula is C10H14Br2O. The Morgan fingerprint density at radius 2 is 1.85 bits per heavy atom. The highest BCUT2D eigenvalue weighted by atomic mass is 79.9. The summed E-state index contributed by atoms with van der Waals surface area (Å²) in [7, 11) is 0. The van der Waals surface area contributed by atoms with E-state index in [1.807, 2.05) is 0 Å². The van der Waals surface area contributed by atoms with Gasteiger partial charge in [0.1, 0.15) is 0 Å². The second kappa shape index (κ2) is 2.41. The summed E-state index contributed by atoms with van der Waals surface area (Å²) in [5.74, 6) is 0.371. The minimum atomic E-state index is -0.286. The molecule has 2 saturated carbocycles. The van der Waals surface area contributed by atoms with E-state index >= 15 is 0 Å². The average Bonchev–Trinajstić information content (AvgIpc) is 2.34. The molecule has 0 N–H and O–H groups in total. The first kappa shape index (κ1) is 10.2. The zero-order chi connectivity index (χ0) is 10.1. The highest BCUT2D eigenvalue weighted by molar-refractivity contribution is 9.13. The van der Waals surface area contributed by atoms with Crippen LogP contribution in [0.2, 0.25) is 0 Å².